The summed E-state index contributed by atoms with van der Waals surface area (Å²) < 4.78 is 47.4. The highest BCUT2D eigenvalue weighted by atomic mass is 19.4. The van der Waals surface area contributed by atoms with Crippen LogP contribution >= 0.6 is 0 Å². The summed E-state index contributed by atoms with van der Waals surface area (Å²) in [5.74, 6) is -0.210. The number of aromatic nitrogens is 2. The molecule has 1 atom stereocenters. The SMILES string of the molecule is CCCCOC(=O)NCc1cccc(-n2nc(C(F)(F)F)cc2C(=O)Nc2cccc(C(NCC3CC3)c3cccc(C#N)c3)c2)c1. The highest BCUT2D eigenvalue weighted by Crippen LogP contribution is 2.32. The molecule has 244 valence electrons. The Morgan fingerprint density at radius 2 is 1.79 bits per heavy atom. The summed E-state index contributed by atoms with van der Waals surface area (Å²) in [6.07, 6.45) is -1.50. The molecule has 0 bridgehead atoms. The van der Waals surface area contributed by atoms with E-state index in [-0.39, 0.29) is 30.6 Å². The maximum atomic E-state index is 13.8. The average Bonchev–Trinajstić information content (AvgIpc) is 3.77. The second-order valence-corrected chi connectivity index (χ2v) is 11.4. The van der Waals surface area contributed by atoms with Crippen molar-refractivity contribution >= 4 is 17.7 Å². The first kappa shape index (κ1) is 33.2. The van der Waals surface area contributed by atoms with Crippen LogP contribution in [-0.4, -0.2) is 34.9 Å². The number of carbonyl (C=O) groups is 2. The van der Waals surface area contributed by atoms with Gasteiger partial charge in [0.2, 0.25) is 0 Å². The summed E-state index contributed by atoms with van der Waals surface area (Å²) in [7, 11) is 0. The molecule has 1 heterocycles. The predicted octanol–water partition coefficient (Wildman–Crippen LogP) is 7.13. The number of amides is 2. The Hall–Kier alpha value is -5.15. The Morgan fingerprint density at radius 1 is 1.04 bits per heavy atom. The number of hydrogen-bond donors (Lipinski definition) is 3. The molecule has 4 aromatic rings. The number of ether oxygens (including phenoxy) is 1. The van der Waals surface area contributed by atoms with Crippen LogP contribution in [0.15, 0.2) is 78.9 Å². The number of benzene rings is 3. The lowest BCUT2D eigenvalue weighted by Gasteiger charge is -2.21. The number of rotatable bonds is 13. The largest absolute Gasteiger partial charge is 0.450 e. The minimum absolute atomic E-state index is 0.0632. The third-order valence-corrected chi connectivity index (χ3v) is 7.69. The van der Waals surface area contributed by atoms with Gasteiger partial charge < -0.3 is 20.7 Å². The van der Waals surface area contributed by atoms with Crippen LogP contribution in [0.5, 0.6) is 0 Å². The number of alkyl halides is 3. The van der Waals surface area contributed by atoms with E-state index in [1.54, 1.807) is 42.5 Å². The second kappa shape index (κ2) is 15.0. The summed E-state index contributed by atoms with van der Waals surface area (Å²) in [5, 5.41) is 22.1. The minimum atomic E-state index is -4.79. The third kappa shape index (κ3) is 8.98. The standard InChI is InChI=1S/C35H35F3N6O3/c1-2-3-15-47-34(46)41-22-25-8-5-12-29(17-25)44-30(19-31(43-44)35(36,37)38)33(45)42-28-11-6-10-27(18-28)32(40-21-23-13-14-23)26-9-4-7-24(16-26)20-39/h4-12,16-19,23,32,40H,2-3,13-15,21-22H2,1H3,(H,41,46)(H,42,45). The first-order chi connectivity index (χ1) is 22.6. The van der Waals surface area contributed by atoms with E-state index >= 15 is 0 Å². The first-order valence-electron chi connectivity index (χ1n) is 15.5. The van der Waals surface area contributed by atoms with Crippen molar-refractivity contribution in [2.75, 3.05) is 18.5 Å². The Morgan fingerprint density at radius 3 is 2.51 bits per heavy atom. The number of nitriles is 1. The van der Waals surface area contributed by atoms with E-state index in [1.807, 2.05) is 31.2 Å². The van der Waals surface area contributed by atoms with Gasteiger partial charge in [0.15, 0.2) is 5.69 Å². The molecule has 1 aliphatic carbocycles. The van der Waals surface area contributed by atoms with Crippen LogP contribution in [0.1, 0.15) is 77.1 Å². The molecule has 0 spiro atoms. The van der Waals surface area contributed by atoms with Crippen molar-refractivity contribution in [3.05, 3.63) is 113 Å². The maximum absolute atomic E-state index is 13.8. The molecule has 3 aromatic carbocycles. The Bertz CT molecular complexity index is 1760. The van der Waals surface area contributed by atoms with Crippen LogP contribution in [0.4, 0.5) is 23.7 Å². The van der Waals surface area contributed by atoms with Crippen LogP contribution in [0, 0.1) is 17.2 Å². The normalized spacial score (nSPS) is 13.4. The fourth-order valence-corrected chi connectivity index (χ4v) is 5.02. The van der Waals surface area contributed by atoms with Gasteiger partial charge in [-0.1, -0.05) is 49.7 Å². The van der Waals surface area contributed by atoms with Crippen molar-refractivity contribution in [3.63, 3.8) is 0 Å². The second-order valence-electron chi connectivity index (χ2n) is 11.4. The number of alkyl carbamates (subject to hydrolysis) is 1. The summed E-state index contributed by atoms with van der Waals surface area (Å²) >= 11 is 0. The van der Waals surface area contributed by atoms with E-state index in [1.165, 1.54) is 6.07 Å². The van der Waals surface area contributed by atoms with Gasteiger partial charge in [-0.25, -0.2) is 9.48 Å². The molecule has 1 saturated carbocycles. The molecule has 0 aliphatic heterocycles. The summed E-state index contributed by atoms with van der Waals surface area (Å²) in [5.41, 5.74) is 1.83. The first-order valence-corrected chi connectivity index (χ1v) is 15.5. The smallest absolute Gasteiger partial charge is 0.435 e. The van der Waals surface area contributed by atoms with E-state index in [0.29, 0.717) is 28.8 Å². The van der Waals surface area contributed by atoms with Crippen LogP contribution in [0.3, 0.4) is 0 Å². The van der Waals surface area contributed by atoms with E-state index < -0.39 is 23.9 Å². The lowest BCUT2D eigenvalue weighted by Crippen LogP contribution is -2.25. The minimum Gasteiger partial charge on any atom is -0.450 e. The summed E-state index contributed by atoms with van der Waals surface area (Å²) in [6, 6.07) is 23.3. The van der Waals surface area contributed by atoms with Crippen molar-refractivity contribution in [1.82, 2.24) is 20.4 Å². The summed E-state index contributed by atoms with van der Waals surface area (Å²) in [4.78, 5) is 25.5. The molecule has 12 heteroatoms. The highest BCUT2D eigenvalue weighted by molar-refractivity contribution is 6.03. The Balaban J connectivity index is 1.39. The van der Waals surface area contributed by atoms with E-state index in [2.05, 4.69) is 27.1 Å². The van der Waals surface area contributed by atoms with Crippen LogP contribution < -0.4 is 16.0 Å². The van der Waals surface area contributed by atoms with Gasteiger partial charge in [0.1, 0.15) is 5.69 Å². The van der Waals surface area contributed by atoms with Crippen LogP contribution in [-0.2, 0) is 17.5 Å². The molecule has 47 heavy (non-hydrogen) atoms. The van der Waals surface area contributed by atoms with Gasteiger partial charge in [0, 0.05) is 18.3 Å². The number of anilines is 1. The molecule has 0 radical (unpaired) electrons. The van der Waals surface area contributed by atoms with Crippen LogP contribution in [0.25, 0.3) is 5.69 Å². The topological polar surface area (TPSA) is 121 Å². The van der Waals surface area contributed by atoms with Gasteiger partial charge in [0.05, 0.1) is 30.0 Å². The lowest BCUT2D eigenvalue weighted by atomic mass is 9.96. The quantitative estimate of drug-likeness (QED) is 0.133. The van der Waals surface area contributed by atoms with Gasteiger partial charge in [0.25, 0.3) is 5.91 Å². The zero-order valence-electron chi connectivity index (χ0n) is 25.8. The van der Waals surface area contributed by atoms with Crippen molar-refractivity contribution in [2.45, 2.75) is 51.4 Å². The number of halogens is 3. The molecular weight excluding hydrogens is 609 g/mol. The van der Waals surface area contributed by atoms with E-state index in [9.17, 15) is 28.0 Å². The molecule has 0 saturated heterocycles. The number of carbonyl (C=O) groups excluding carboxylic acids is 2. The van der Waals surface area contributed by atoms with E-state index in [4.69, 9.17) is 4.74 Å². The molecular formula is C35H35F3N6O3. The fourth-order valence-electron chi connectivity index (χ4n) is 5.02. The van der Waals surface area contributed by atoms with Crippen molar-refractivity contribution in [1.29, 1.82) is 5.26 Å². The van der Waals surface area contributed by atoms with Crippen molar-refractivity contribution < 1.29 is 27.5 Å². The molecule has 1 aromatic heterocycles. The fraction of sp³-hybridized carbons (Fsp3) is 0.314. The number of unbranched alkanes of at least 4 members (excludes halogenated alkanes) is 1. The highest BCUT2D eigenvalue weighted by Gasteiger charge is 2.36. The van der Waals surface area contributed by atoms with Crippen molar-refractivity contribution in [3.8, 4) is 11.8 Å². The van der Waals surface area contributed by atoms with Crippen molar-refractivity contribution in [2.24, 2.45) is 5.92 Å². The number of hydrogen-bond acceptors (Lipinski definition) is 6. The zero-order valence-corrected chi connectivity index (χ0v) is 25.8. The molecule has 3 N–H and O–H groups in total. The van der Waals surface area contributed by atoms with Gasteiger partial charge in [-0.3, -0.25) is 4.79 Å². The molecule has 2 amide bonds. The Kier molecular flexibility index (Phi) is 10.6. The molecule has 5 rings (SSSR count). The molecule has 1 aliphatic rings. The zero-order chi connectivity index (χ0) is 33.4. The third-order valence-electron chi connectivity index (χ3n) is 7.69. The average molecular weight is 645 g/mol. The Labute approximate surface area is 270 Å². The molecule has 1 unspecified atom stereocenters. The van der Waals surface area contributed by atoms with Crippen LogP contribution in [0.2, 0.25) is 0 Å². The molecule has 9 nitrogen and oxygen atoms in total. The lowest BCUT2D eigenvalue weighted by molar-refractivity contribution is -0.141. The molecule has 1 fully saturated rings. The van der Waals surface area contributed by atoms with Gasteiger partial charge >= 0.3 is 12.3 Å². The maximum Gasteiger partial charge on any atom is 0.435 e. The van der Waals surface area contributed by atoms with Gasteiger partial charge in [-0.2, -0.15) is 23.5 Å². The summed E-state index contributed by atoms with van der Waals surface area (Å²) in [6.45, 7) is 3.10. The van der Waals surface area contributed by atoms with E-state index in [0.717, 1.165) is 48.0 Å². The predicted molar refractivity (Wildman–Crippen MR) is 170 cm³/mol. The number of nitrogens with zero attached hydrogens (tertiary/aromatic N) is 3. The van der Waals surface area contributed by atoms with Gasteiger partial charge in [-0.05, 0) is 84.8 Å². The number of nitrogens with one attached hydrogen (secondary N) is 3. The monoisotopic (exact) mass is 644 g/mol. The van der Waals surface area contributed by atoms with Gasteiger partial charge in [-0.15, -0.1) is 0 Å².